The zero-order chi connectivity index (χ0) is 59.9. The molecule has 6 heteroatoms. The number of rotatable bonds is 67. The standard InChI is InChI=1S/C77H138O6/c1-4-7-10-13-16-19-22-25-28-30-32-33-34-35-36-37-38-39-40-41-42-43-45-46-49-52-55-58-61-64-67-70-76(79)82-73-74(72-81-75(78)69-66-63-60-57-54-51-48-27-24-21-18-15-12-9-6-3)83-77(80)71-68-65-62-59-56-53-50-47-44-31-29-26-23-20-17-14-11-8-5-2/h8,11,17-18,20-21,26-27,29,44,47-48,74H,4-7,9-10,12-16,19,22-25,28,30-43,45-46,49-73H2,1-3H3/b11-8-,20-17-,21-18-,29-26-,47-44-,48-27-. The van der Waals surface area contributed by atoms with Crippen molar-refractivity contribution in [2.75, 3.05) is 13.2 Å². The van der Waals surface area contributed by atoms with Crippen molar-refractivity contribution < 1.29 is 28.6 Å². The highest BCUT2D eigenvalue weighted by Gasteiger charge is 2.19. The Morgan fingerprint density at radius 2 is 0.470 bits per heavy atom. The van der Waals surface area contributed by atoms with Gasteiger partial charge in [-0.05, 0) is 89.9 Å². The van der Waals surface area contributed by atoms with Crippen molar-refractivity contribution in [3.8, 4) is 0 Å². The molecule has 0 N–H and O–H groups in total. The van der Waals surface area contributed by atoms with Gasteiger partial charge in [0.15, 0.2) is 6.10 Å². The van der Waals surface area contributed by atoms with Crippen LogP contribution < -0.4 is 0 Å². The Labute approximate surface area is 516 Å². The minimum absolute atomic E-state index is 0.0829. The minimum Gasteiger partial charge on any atom is -0.462 e. The number of hydrogen-bond acceptors (Lipinski definition) is 6. The van der Waals surface area contributed by atoms with E-state index in [-0.39, 0.29) is 31.1 Å². The summed E-state index contributed by atoms with van der Waals surface area (Å²) in [6.07, 6.45) is 93.8. The van der Waals surface area contributed by atoms with E-state index in [2.05, 4.69) is 93.7 Å². The quantitative estimate of drug-likeness (QED) is 0.0261. The van der Waals surface area contributed by atoms with Gasteiger partial charge in [0.2, 0.25) is 0 Å². The summed E-state index contributed by atoms with van der Waals surface area (Å²) in [6, 6.07) is 0. The lowest BCUT2D eigenvalue weighted by Crippen LogP contribution is -2.30. The maximum atomic E-state index is 12.9. The SMILES string of the molecule is CC/C=C\C/C=C\C/C=C\C/C=C\CCCCCCCCC(=O)OC(COC(=O)CCCCCCC/C=C\C/C=C\CCCCC)COC(=O)CCCCCCCCCCCCCCCCCCCCCCCCCCCCCCCCC. The van der Waals surface area contributed by atoms with Crippen molar-refractivity contribution in [3.63, 3.8) is 0 Å². The molecule has 0 aliphatic rings. The van der Waals surface area contributed by atoms with Crippen molar-refractivity contribution in [3.05, 3.63) is 72.9 Å². The monoisotopic (exact) mass is 1160 g/mol. The summed E-state index contributed by atoms with van der Waals surface area (Å²) < 4.78 is 17.0. The Morgan fingerprint density at radius 3 is 0.759 bits per heavy atom. The fraction of sp³-hybridized carbons (Fsp3) is 0.805. The smallest absolute Gasteiger partial charge is 0.306 e. The highest BCUT2D eigenvalue weighted by Crippen LogP contribution is 2.18. The molecule has 0 bridgehead atoms. The maximum Gasteiger partial charge on any atom is 0.306 e. The number of esters is 3. The first-order valence-corrected chi connectivity index (χ1v) is 36.4. The molecule has 0 aliphatic heterocycles. The molecule has 0 fully saturated rings. The summed E-state index contributed by atoms with van der Waals surface area (Å²) in [7, 11) is 0. The van der Waals surface area contributed by atoms with Gasteiger partial charge in [0.05, 0.1) is 0 Å². The Kier molecular flexibility index (Phi) is 68.6. The van der Waals surface area contributed by atoms with E-state index in [0.717, 1.165) is 116 Å². The zero-order valence-corrected chi connectivity index (χ0v) is 55.5. The fourth-order valence-electron chi connectivity index (χ4n) is 10.8. The summed E-state index contributed by atoms with van der Waals surface area (Å²) >= 11 is 0. The van der Waals surface area contributed by atoms with Crippen LogP contribution in [0.1, 0.15) is 380 Å². The van der Waals surface area contributed by atoms with Gasteiger partial charge in [0.1, 0.15) is 13.2 Å². The van der Waals surface area contributed by atoms with Gasteiger partial charge in [-0.25, -0.2) is 0 Å². The minimum atomic E-state index is -0.790. The predicted molar refractivity (Wildman–Crippen MR) is 362 cm³/mol. The third-order valence-corrected chi connectivity index (χ3v) is 16.2. The Hall–Kier alpha value is -3.15. The van der Waals surface area contributed by atoms with Crippen molar-refractivity contribution in [2.24, 2.45) is 0 Å². The summed E-state index contributed by atoms with van der Waals surface area (Å²) in [5, 5.41) is 0. The van der Waals surface area contributed by atoms with Crippen LogP contribution >= 0.6 is 0 Å². The van der Waals surface area contributed by atoms with Crippen LogP contribution in [0.15, 0.2) is 72.9 Å². The summed E-state index contributed by atoms with van der Waals surface area (Å²) in [6.45, 7) is 6.54. The first kappa shape index (κ1) is 79.8. The lowest BCUT2D eigenvalue weighted by atomic mass is 10.0. The van der Waals surface area contributed by atoms with Crippen molar-refractivity contribution in [2.45, 2.75) is 386 Å². The molecular formula is C77H138O6. The molecular weight excluding hydrogens is 1020 g/mol. The molecule has 0 amide bonds. The second-order valence-corrected chi connectivity index (χ2v) is 24.5. The fourth-order valence-corrected chi connectivity index (χ4v) is 10.8. The molecule has 0 aromatic carbocycles. The number of unbranched alkanes of at least 4 members (excludes halogenated alkanes) is 44. The van der Waals surface area contributed by atoms with E-state index in [4.69, 9.17) is 14.2 Å². The lowest BCUT2D eigenvalue weighted by Gasteiger charge is -2.18. The first-order chi connectivity index (χ1) is 41.0. The van der Waals surface area contributed by atoms with E-state index < -0.39 is 6.10 Å². The molecule has 0 rings (SSSR count). The van der Waals surface area contributed by atoms with E-state index in [1.54, 1.807) is 0 Å². The Balaban J connectivity index is 4.22. The van der Waals surface area contributed by atoms with Gasteiger partial charge in [-0.1, -0.05) is 344 Å². The molecule has 0 radical (unpaired) electrons. The number of carbonyl (C=O) groups is 3. The van der Waals surface area contributed by atoms with E-state index in [0.29, 0.717) is 19.3 Å². The van der Waals surface area contributed by atoms with Crippen LogP contribution in [0.5, 0.6) is 0 Å². The van der Waals surface area contributed by atoms with Crippen molar-refractivity contribution in [1.82, 2.24) is 0 Å². The van der Waals surface area contributed by atoms with Gasteiger partial charge in [0.25, 0.3) is 0 Å². The largest absolute Gasteiger partial charge is 0.462 e. The molecule has 0 saturated carbocycles. The second-order valence-electron chi connectivity index (χ2n) is 24.5. The summed E-state index contributed by atoms with van der Waals surface area (Å²) in [4.78, 5) is 38.4. The van der Waals surface area contributed by atoms with Crippen LogP contribution in [-0.2, 0) is 28.6 Å². The van der Waals surface area contributed by atoms with Gasteiger partial charge in [-0.15, -0.1) is 0 Å². The van der Waals surface area contributed by atoms with Crippen LogP contribution in [0.3, 0.4) is 0 Å². The molecule has 0 aromatic heterocycles. The van der Waals surface area contributed by atoms with Gasteiger partial charge >= 0.3 is 17.9 Å². The van der Waals surface area contributed by atoms with Crippen molar-refractivity contribution >= 4 is 17.9 Å². The average molecular weight is 1160 g/mol. The number of carbonyl (C=O) groups excluding carboxylic acids is 3. The van der Waals surface area contributed by atoms with Crippen LogP contribution in [0.25, 0.3) is 0 Å². The highest BCUT2D eigenvalue weighted by atomic mass is 16.6. The third kappa shape index (κ3) is 69.5. The molecule has 0 aromatic rings. The molecule has 0 saturated heterocycles. The first-order valence-electron chi connectivity index (χ1n) is 36.4. The Morgan fingerprint density at radius 1 is 0.253 bits per heavy atom. The van der Waals surface area contributed by atoms with Gasteiger partial charge in [-0.3, -0.25) is 14.4 Å². The Bertz CT molecular complexity index is 1520. The molecule has 482 valence electrons. The van der Waals surface area contributed by atoms with E-state index >= 15 is 0 Å². The molecule has 0 aliphatic carbocycles. The van der Waals surface area contributed by atoms with E-state index in [9.17, 15) is 14.4 Å². The zero-order valence-electron chi connectivity index (χ0n) is 55.5. The van der Waals surface area contributed by atoms with Gasteiger partial charge < -0.3 is 14.2 Å². The molecule has 1 atom stereocenters. The number of allylic oxidation sites excluding steroid dienone is 12. The van der Waals surface area contributed by atoms with Crippen LogP contribution in [-0.4, -0.2) is 37.2 Å². The van der Waals surface area contributed by atoms with Crippen molar-refractivity contribution in [1.29, 1.82) is 0 Å². The number of hydrogen-bond donors (Lipinski definition) is 0. The second kappa shape index (κ2) is 71.3. The topological polar surface area (TPSA) is 78.9 Å². The van der Waals surface area contributed by atoms with Crippen LogP contribution in [0, 0.1) is 0 Å². The third-order valence-electron chi connectivity index (χ3n) is 16.2. The van der Waals surface area contributed by atoms with E-state index in [1.807, 2.05) is 0 Å². The normalized spacial score (nSPS) is 12.5. The average Bonchev–Trinajstić information content (AvgIpc) is 3.49. The maximum absolute atomic E-state index is 12.9. The molecule has 1 unspecified atom stereocenters. The lowest BCUT2D eigenvalue weighted by molar-refractivity contribution is -0.167. The van der Waals surface area contributed by atoms with Gasteiger partial charge in [-0.2, -0.15) is 0 Å². The van der Waals surface area contributed by atoms with Crippen LogP contribution in [0.4, 0.5) is 0 Å². The summed E-state index contributed by atoms with van der Waals surface area (Å²) in [5.74, 6) is -0.891. The van der Waals surface area contributed by atoms with E-state index in [1.165, 1.54) is 225 Å². The predicted octanol–water partition coefficient (Wildman–Crippen LogP) is 25.2. The molecule has 0 heterocycles. The highest BCUT2D eigenvalue weighted by molar-refractivity contribution is 5.71. The molecule has 83 heavy (non-hydrogen) atoms. The number of ether oxygens (including phenoxy) is 3. The van der Waals surface area contributed by atoms with Gasteiger partial charge in [0, 0.05) is 19.3 Å². The molecule has 0 spiro atoms. The van der Waals surface area contributed by atoms with Crippen LogP contribution in [0.2, 0.25) is 0 Å². The summed E-state index contributed by atoms with van der Waals surface area (Å²) in [5.41, 5.74) is 0. The molecule has 6 nitrogen and oxygen atoms in total.